The van der Waals surface area contributed by atoms with E-state index in [1.165, 1.54) is 5.56 Å². The van der Waals surface area contributed by atoms with Crippen molar-refractivity contribution in [3.63, 3.8) is 0 Å². The number of amides is 1. The molecular formula is C19H22N2O3S. The molecule has 25 heavy (non-hydrogen) atoms. The maximum atomic E-state index is 12.4. The minimum Gasteiger partial charge on any atom is -0.338 e. The fourth-order valence-corrected chi connectivity index (χ4v) is 4.20. The molecule has 0 aliphatic carbocycles. The Labute approximate surface area is 148 Å². The van der Waals surface area contributed by atoms with Crippen molar-refractivity contribution in [1.82, 2.24) is 4.90 Å². The number of benzene rings is 2. The van der Waals surface area contributed by atoms with E-state index < -0.39 is 10.0 Å². The summed E-state index contributed by atoms with van der Waals surface area (Å²) >= 11 is 0. The van der Waals surface area contributed by atoms with E-state index in [0.717, 1.165) is 23.1 Å². The Morgan fingerprint density at radius 2 is 1.84 bits per heavy atom. The number of hydrogen-bond donors (Lipinski definition) is 1. The zero-order valence-electron chi connectivity index (χ0n) is 14.5. The average molecular weight is 358 g/mol. The van der Waals surface area contributed by atoms with Gasteiger partial charge in [-0.25, -0.2) is 8.42 Å². The van der Waals surface area contributed by atoms with Crippen molar-refractivity contribution in [2.75, 3.05) is 11.3 Å². The molecule has 6 heteroatoms. The van der Waals surface area contributed by atoms with Gasteiger partial charge in [-0.05, 0) is 42.2 Å². The third kappa shape index (κ3) is 4.39. The largest absolute Gasteiger partial charge is 0.338 e. The van der Waals surface area contributed by atoms with E-state index in [4.69, 9.17) is 0 Å². The van der Waals surface area contributed by atoms with Crippen LogP contribution in [0.25, 0.3) is 0 Å². The van der Waals surface area contributed by atoms with Gasteiger partial charge in [-0.15, -0.1) is 0 Å². The fourth-order valence-electron chi connectivity index (χ4n) is 3.01. The van der Waals surface area contributed by atoms with Crippen molar-refractivity contribution in [3.8, 4) is 0 Å². The highest BCUT2D eigenvalue weighted by Gasteiger charge is 2.19. The van der Waals surface area contributed by atoms with Crippen molar-refractivity contribution in [3.05, 3.63) is 64.7 Å². The SMILES string of the molecule is CC(=O)N1CCc2ccc(NS(=O)(=O)Cc3ccc(C)cc3)cc2C1. The van der Waals surface area contributed by atoms with Crippen LogP contribution in [0.3, 0.4) is 0 Å². The molecule has 3 rings (SSSR count). The smallest absolute Gasteiger partial charge is 0.236 e. The van der Waals surface area contributed by atoms with Crippen molar-refractivity contribution < 1.29 is 13.2 Å². The summed E-state index contributed by atoms with van der Waals surface area (Å²) in [5.41, 5.74) is 4.55. The Morgan fingerprint density at radius 1 is 1.12 bits per heavy atom. The number of nitrogens with one attached hydrogen (secondary N) is 1. The molecule has 0 radical (unpaired) electrons. The van der Waals surface area contributed by atoms with Crippen LogP contribution in [0.5, 0.6) is 0 Å². The molecule has 1 heterocycles. The summed E-state index contributed by atoms with van der Waals surface area (Å²) in [5, 5.41) is 0. The molecule has 0 atom stereocenters. The van der Waals surface area contributed by atoms with Gasteiger partial charge in [-0.2, -0.15) is 0 Å². The number of anilines is 1. The van der Waals surface area contributed by atoms with Crippen LogP contribution in [-0.2, 0) is 33.5 Å². The molecule has 1 N–H and O–H groups in total. The van der Waals surface area contributed by atoms with Gasteiger partial charge in [0.15, 0.2) is 0 Å². The van der Waals surface area contributed by atoms with Gasteiger partial charge in [0.25, 0.3) is 0 Å². The average Bonchev–Trinajstić information content (AvgIpc) is 2.55. The third-order valence-electron chi connectivity index (χ3n) is 4.41. The molecule has 0 aromatic heterocycles. The maximum Gasteiger partial charge on any atom is 0.236 e. The number of carbonyl (C=O) groups is 1. The van der Waals surface area contributed by atoms with Crippen LogP contribution in [0.15, 0.2) is 42.5 Å². The van der Waals surface area contributed by atoms with Crippen molar-refractivity contribution in [1.29, 1.82) is 0 Å². The van der Waals surface area contributed by atoms with Gasteiger partial charge in [0.1, 0.15) is 0 Å². The number of aryl methyl sites for hydroxylation is 1. The molecule has 0 saturated carbocycles. The van der Waals surface area contributed by atoms with Crippen LogP contribution in [0, 0.1) is 6.92 Å². The summed E-state index contributed by atoms with van der Waals surface area (Å²) in [5.74, 6) is -0.0276. The number of hydrogen-bond acceptors (Lipinski definition) is 3. The standard InChI is InChI=1S/C19H22N2O3S/c1-14-3-5-16(6-4-14)13-25(23,24)20-19-8-7-17-9-10-21(15(2)22)12-18(17)11-19/h3-8,11,20H,9-10,12-13H2,1-2H3. The van der Waals surface area contributed by atoms with Crippen LogP contribution in [0.2, 0.25) is 0 Å². The third-order valence-corrected chi connectivity index (χ3v) is 5.67. The number of carbonyl (C=O) groups excluding carboxylic acids is 1. The van der Waals surface area contributed by atoms with E-state index in [1.807, 2.05) is 43.3 Å². The second kappa shape index (κ2) is 6.88. The highest BCUT2D eigenvalue weighted by Crippen LogP contribution is 2.24. The van der Waals surface area contributed by atoms with Crippen LogP contribution < -0.4 is 4.72 Å². The fraction of sp³-hybridized carbons (Fsp3) is 0.316. The topological polar surface area (TPSA) is 66.5 Å². The monoisotopic (exact) mass is 358 g/mol. The van der Waals surface area contributed by atoms with Gasteiger partial charge in [0.05, 0.1) is 5.75 Å². The Kier molecular flexibility index (Phi) is 4.81. The zero-order valence-corrected chi connectivity index (χ0v) is 15.3. The van der Waals surface area contributed by atoms with E-state index in [9.17, 15) is 13.2 Å². The molecular weight excluding hydrogens is 336 g/mol. The first-order valence-electron chi connectivity index (χ1n) is 8.26. The molecule has 1 aliphatic rings. The molecule has 5 nitrogen and oxygen atoms in total. The Bertz CT molecular complexity index is 889. The predicted octanol–water partition coefficient (Wildman–Crippen LogP) is 2.84. The minimum absolute atomic E-state index is 0.0380. The van der Waals surface area contributed by atoms with Gasteiger partial charge in [-0.1, -0.05) is 35.9 Å². The summed E-state index contributed by atoms with van der Waals surface area (Å²) in [6.07, 6.45) is 0.797. The summed E-state index contributed by atoms with van der Waals surface area (Å²) in [6, 6.07) is 13.0. The molecule has 0 spiro atoms. The molecule has 0 unspecified atom stereocenters. The van der Waals surface area contributed by atoms with E-state index in [0.29, 0.717) is 18.8 Å². The van der Waals surface area contributed by atoms with E-state index in [2.05, 4.69) is 4.72 Å². The normalized spacial score (nSPS) is 14.1. The van der Waals surface area contributed by atoms with Crippen LogP contribution in [0.4, 0.5) is 5.69 Å². The van der Waals surface area contributed by atoms with Gasteiger partial charge >= 0.3 is 0 Å². The van der Waals surface area contributed by atoms with Crippen LogP contribution in [0.1, 0.15) is 29.2 Å². The molecule has 2 aromatic rings. The molecule has 1 aliphatic heterocycles. The summed E-state index contributed by atoms with van der Waals surface area (Å²) in [7, 11) is -3.49. The highest BCUT2D eigenvalue weighted by atomic mass is 32.2. The molecule has 1 amide bonds. The Balaban J connectivity index is 1.75. The maximum absolute atomic E-state index is 12.4. The van der Waals surface area contributed by atoms with Crippen LogP contribution in [-0.4, -0.2) is 25.8 Å². The van der Waals surface area contributed by atoms with Crippen LogP contribution >= 0.6 is 0 Å². The summed E-state index contributed by atoms with van der Waals surface area (Å²) in [4.78, 5) is 13.3. The van der Waals surface area contributed by atoms with Gasteiger partial charge in [0.2, 0.25) is 15.9 Å². The Morgan fingerprint density at radius 3 is 2.52 bits per heavy atom. The minimum atomic E-state index is -3.49. The van der Waals surface area contributed by atoms with Gasteiger partial charge in [0, 0.05) is 25.7 Å². The summed E-state index contributed by atoms with van der Waals surface area (Å²) in [6.45, 7) is 4.76. The van der Waals surface area contributed by atoms with Crippen molar-refractivity contribution >= 4 is 21.6 Å². The lowest BCUT2D eigenvalue weighted by Gasteiger charge is -2.28. The van der Waals surface area contributed by atoms with E-state index in [-0.39, 0.29) is 11.7 Å². The number of rotatable bonds is 4. The van der Waals surface area contributed by atoms with Crippen molar-refractivity contribution in [2.45, 2.75) is 32.6 Å². The second-order valence-electron chi connectivity index (χ2n) is 6.52. The number of nitrogens with zero attached hydrogens (tertiary/aromatic N) is 1. The highest BCUT2D eigenvalue weighted by molar-refractivity contribution is 7.91. The molecule has 132 valence electrons. The quantitative estimate of drug-likeness (QED) is 0.914. The Hall–Kier alpha value is -2.34. The first-order valence-corrected chi connectivity index (χ1v) is 9.91. The predicted molar refractivity (Wildman–Crippen MR) is 98.7 cm³/mol. The zero-order chi connectivity index (χ0) is 18.0. The molecule has 0 bridgehead atoms. The lowest BCUT2D eigenvalue weighted by atomic mass is 9.99. The lowest BCUT2D eigenvalue weighted by Crippen LogP contribution is -2.34. The van der Waals surface area contributed by atoms with Gasteiger partial charge < -0.3 is 4.90 Å². The first-order chi connectivity index (χ1) is 11.8. The molecule has 0 fully saturated rings. The number of sulfonamides is 1. The number of fused-ring (bicyclic) bond motifs is 1. The molecule has 2 aromatic carbocycles. The van der Waals surface area contributed by atoms with Gasteiger partial charge in [-0.3, -0.25) is 9.52 Å². The lowest BCUT2D eigenvalue weighted by molar-refractivity contribution is -0.129. The summed E-state index contributed by atoms with van der Waals surface area (Å²) < 4.78 is 27.5. The molecule has 0 saturated heterocycles. The second-order valence-corrected chi connectivity index (χ2v) is 8.24. The van der Waals surface area contributed by atoms with E-state index >= 15 is 0 Å². The van der Waals surface area contributed by atoms with E-state index in [1.54, 1.807) is 17.9 Å². The first kappa shape index (κ1) is 17.5. The van der Waals surface area contributed by atoms with Crippen molar-refractivity contribution in [2.24, 2.45) is 0 Å².